The predicted molar refractivity (Wildman–Crippen MR) is 75.3 cm³/mol. The van der Waals surface area contributed by atoms with Crippen molar-refractivity contribution in [3.8, 4) is 11.5 Å². The Labute approximate surface area is 127 Å². The minimum atomic E-state index is -3.64. The van der Waals surface area contributed by atoms with Crippen LogP contribution in [0.3, 0.4) is 0 Å². The average molecular weight is 313 g/mol. The number of likely N-dealkylation sites (tertiary alicyclic amines) is 1. The van der Waals surface area contributed by atoms with Gasteiger partial charge < -0.3 is 19.7 Å². The summed E-state index contributed by atoms with van der Waals surface area (Å²) >= 11 is 0. The Morgan fingerprint density at radius 3 is 2.91 bits per heavy atom. The number of nitrogens with one attached hydrogen (secondary N) is 2. The number of hydrogen-bond donors (Lipinski definition) is 2. The summed E-state index contributed by atoms with van der Waals surface area (Å²) in [5.41, 5.74) is 0.425. The SMILES string of the molecule is C[C@@H]1CCCC[NH+]1CC(=O)Nc1ccc2c(c1)OC(F)(F)O2. The zero-order valence-corrected chi connectivity index (χ0v) is 12.3. The van der Waals surface area contributed by atoms with Gasteiger partial charge in [0.05, 0.1) is 12.6 Å². The number of carbonyl (C=O) groups is 1. The lowest BCUT2D eigenvalue weighted by Gasteiger charge is -2.29. The summed E-state index contributed by atoms with van der Waals surface area (Å²) in [5, 5.41) is 2.73. The Morgan fingerprint density at radius 1 is 1.36 bits per heavy atom. The topological polar surface area (TPSA) is 52.0 Å². The third-order valence-electron chi connectivity index (χ3n) is 4.15. The van der Waals surface area contributed by atoms with Crippen LogP contribution in [-0.4, -0.2) is 31.3 Å². The molecule has 1 amide bonds. The molecule has 1 fully saturated rings. The smallest absolute Gasteiger partial charge is 0.395 e. The molecule has 1 aromatic carbocycles. The van der Waals surface area contributed by atoms with Crippen molar-refractivity contribution >= 4 is 11.6 Å². The first-order valence-corrected chi connectivity index (χ1v) is 7.47. The molecule has 0 saturated carbocycles. The van der Waals surface area contributed by atoms with Crippen LogP contribution in [0, 0.1) is 0 Å². The van der Waals surface area contributed by atoms with E-state index in [9.17, 15) is 13.6 Å². The van der Waals surface area contributed by atoms with Crippen LogP contribution in [0.2, 0.25) is 0 Å². The first-order valence-electron chi connectivity index (χ1n) is 7.47. The van der Waals surface area contributed by atoms with Crippen LogP contribution in [-0.2, 0) is 4.79 Å². The second-order valence-corrected chi connectivity index (χ2v) is 5.86. The highest BCUT2D eigenvalue weighted by molar-refractivity contribution is 5.91. The summed E-state index contributed by atoms with van der Waals surface area (Å²) in [4.78, 5) is 13.4. The highest BCUT2D eigenvalue weighted by atomic mass is 19.3. The Hall–Kier alpha value is -1.89. The number of alkyl halides is 2. The van der Waals surface area contributed by atoms with Crippen molar-refractivity contribution in [2.24, 2.45) is 0 Å². The van der Waals surface area contributed by atoms with Gasteiger partial charge in [0.1, 0.15) is 0 Å². The summed E-state index contributed by atoms with van der Waals surface area (Å²) in [5.74, 6) is -0.228. The summed E-state index contributed by atoms with van der Waals surface area (Å²) in [6.07, 6.45) is -0.172. The lowest BCUT2D eigenvalue weighted by Crippen LogP contribution is -3.17. The van der Waals surface area contributed by atoms with Crippen LogP contribution in [0.5, 0.6) is 11.5 Å². The molecule has 1 unspecified atom stereocenters. The minimum absolute atomic E-state index is 0.0294. The molecule has 1 saturated heterocycles. The standard InChI is InChI=1S/C15H18F2N2O3/c1-10-4-2-3-7-19(10)9-14(20)18-11-5-6-12-13(8-11)22-15(16,17)21-12/h5-6,8,10H,2-4,7,9H2,1H3,(H,18,20)/p+1/t10-/m1/s1. The van der Waals surface area contributed by atoms with Crippen LogP contribution in [0.25, 0.3) is 0 Å². The van der Waals surface area contributed by atoms with Crippen LogP contribution >= 0.6 is 0 Å². The zero-order chi connectivity index (χ0) is 15.7. The van der Waals surface area contributed by atoms with E-state index in [1.54, 1.807) is 0 Å². The van der Waals surface area contributed by atoms with Crippen molar-refractivity contribution in [3.05, 3.63) is 18.2 Å². The van der Waals surface area contributed by atoms with Crippen molar-refractivity contribution in [3.63, 3.8) is 0 Å². The molecule has 1 aromatic rings. The van der Waals surface area contributed by atoms with Crippen molar-refractivity contribution in [1.29, 1.82) is 0 Å². The van der Waals surface area contributed by atoms with Gasteiger partial charge in [0.2, 0.25) is 0 Å². The fraction of sp³-hybridized carbons (Fsp3) is 0.533. The van der Waals surface area contributed by atoms with Crippen molar-refractivity contribution in [2.75, 3.05) is 18.4 Å². The van der Waals surface area contributed by atoms with Gasteiger partial charge >= 0.3 is 6.29 Å². The largest absolute Gasteiger partial charge is 0.586 e. The number of fused-ring (bicyclic) bond motifs is 1. The number of amides is 1. The van der Waals surface area contributed by atoms with Gasteiger partial charge in [-0.1, -0.05) is 0 Å². The van der Waals surface area contributed by atoms with Crippen LogP contribution in [0.15, 0.2) is 18.2 Å². The third-order valence-corrected chi connectivity index (χ3v) is 4.15. The molecule has 2 aliphatic rings. The van der Waals surface area contributed by atoms with Gasteiger partial charge in [-0.2, -0.15) is 0 Å². The molecule has 7 heteroatoms. The van der Waals surface area contributed by atoms with Crippen molar-refractivity contribution in [1.82, 2.24) is 0 Å². The summed E-state index contributed by atoms with van der Waals surface area (Å²) < 4.78 is 34.6. The molecular weight excluding hydrogens is 294 g/mol. The Bertz CT molecular complexity index is 580. The molecule has 5 nitrogen and oxygen atoms in total. The van der Waals surface area contributed by atoms with E-state index in [-0.39, 0.29) is 17.4 Å². The fourth-order valence-electron chi connectivity index (χ4n) is 2.95. The number of anilines is 1. The maximum atomic E-state index is 12.9. The Balaban J connectivity index is 1.61. The molecular formula is C15H19F2N2O3+. The zero-order valence-electron chi connectivity index (χ0n) is 12.3. The summed E-state index contributed by atoms with van der Waals surface area (Å²) in [6.45, 7) is 3.51. The van der Waals surface area contributed by atoms with E-state index in [4.69, 9.17) is 0 Å². The maximum absolute atomic E-state index is 12.9. The number of ether oxygens (including phenoxy) is 2. The van der Waals surface area contributed by atoms with Crippen LogP contribution in [0.4, 0.5) is 14.5 Å². The molecule has 0 aliphatic carbocycles. The molecule has 2 heterocycles. The first kappa shape index (κ1) is 15.0. The number of hydrogen-bond acceptors (Lipinski definition) is 3. The lowest BCUT2D eigenvalue weighted by molar-refractivity contribution is -0.920. The average Bonchev–Trinajstić information content (AvgIpc) is 2.74. The molecule has 22 heavy (non-hydrogen) atoms. The first-order chi connectivity index (χ1) is 10.4. The van der Waals surface area contributed by atoms with Gasteiger partial charge in [-0.3, -0.25) is 4.79 Å². The number of halogens is 2. The van der Waals surface area contributed by atoms with Crippen molar-refractivity contribution in [2.45, 2.75) is 38.5 Å². The number of rotatable bonds is 3. The molecule has 0 bridgehead atoms. The number of quaternary nitrogens is 1. The molecule has 0 radical (unpaired) electrons. The molecule has 3 rings (SSSR count). The van der Waals surface area contributed by atoms with E-state index in [0.717, 1.165) is 19.4 Å². The van der Waals surface area contributed by atoms with E-state index in [1.165, 1.54) is 29.5 Å². The van der Waals surface area contributed by atoms with Crippen molar-refractivity contribution < 1.29 is 27.9 Å². The van der Waals surface area contributed by atoms with E-state index in [2.05, 4.69) is 21.7 Å². The van der Waals surface area contributed by atoms with Gasteiger partial charge in [-0.25, -0.2) is 0 Å². The predicted octanol–water partition coefficient (Wildman–Crippen LogP) is 1.40. The second kappa shape index (κ2) is 5.72. The fourth-order valence-corrected chi connectivity index (χ4v) is 2.95. The van der Waals surface area contributed by atoms with Gasteiger partial charge in [-0.05, 0) is 38.3 Å². The number of piperidine rings is 1. The third kappa shape index (κ3) is 3.30. The highest BCUT2D eigenvalue weighted by Crippen LogP contribution is 2.42. The van der Waals surface area contributed by atoms with E-state index in [1.807, 2.05) is 0 Å². The number of benzene rings is 1. The van der Waals surface area contributed by atoms with Gasteiger partial charge in [-0.15, -0.1) is 8.78 Å². The molecule has 2 atom stereocenters. The van der Waals surface area contributed by atoms with E-state index < -0.39 is 6.29 Å². The Morgan fingerprint density at radius 2 is 2.14 bits per heavy atom. The van der Waals surface area contributed by atoms with Crippen LogP contribution < -0.4 is 19.7 Å². The molecule has 2 aliphatic heterocycles. The molecule has 120 valence electrons. The number of carbonyl (C=O) groups excluding carboxylic acids is 1. The lowest BCUT2D eigenvalue weighted by atomic mass is 10.0. The van der Waals surface area contributed by atoms with Gasteiger partial charge in [0, 0.05) is 11.8 Å². The molecule has 0 aromatic heterocycles. The quantitative estimate of drug-likeness (QED) is 0.887. The normalized spacial score (nSPS) is 25.8. The monoisotopic (exact) mass is 313 g/mol. The minimum Gasteiger partial charge on any atom is -0.395 e. The Kier molecular flexibility index (Phi) is 3.90. The highest BCUT2D eigenvalue weighted by Gasteiger charge is 2.43. The summed E-state index contributed by atoms with van der Waals surface area (Å²) in [7, 11) is 0. The molecule has 2 N–H and O–H groups in total. The van der Waals surface area contributed by atoms with Gasteiger partial charge in [0.15, 0.2) is 18.0 Å². The van der Waals surface area contributed by atoms with E-state index >= 15 is 0 Å². The van der Waals surface area contributed by atoms with Crippen LogP contribution in [0.1, 0.15) is 26.2 Å². The molecule has 0 spiro atoms. The maximum Gasteiger partial charge on any atom is 0.586 e. The van der Waals surface area contributed by atoms with Gasteiger partial charge in [0.25, 0.3) is 5.91 Å². The van der Waals surface area contributed by atoms with E-state index in [0.29, 0.717) is 18.3 Å². The second-order valence-electron chi connectivity index (χ2n) is 5.86. The summed E-state index contributed by atoms with van der Waals surface area (Å²) in [6, 6.07) is 4.71.